The van der Waals surface area contributed by atoms with Gasteiger partial charge >= 0.3 is 0 Å². The molecule has 0 aliphatic carbocycles. The molecule has 0 bridgehead atoms. The van der Waals surface area contributed by atoms with Gasteiger partial charge in [-0.05, 0) is 41.1 Å². The molecule has 1 amide bonds. The van der Waals surface area contributed by atoms with E-state index in [2.05, 4.69) is 47.3 Å². The maximum Gasteiger partial charge on any atom is 0.260 e. The van der Waals surface area contributed by atoms with Crippen molar-refractivity contribution in [3.05, 3.63) is 109 Å². The summed E-state index contributed by atoms with van der Waals surface area (Å²) in [5.74, 6) is -0.588. The number of amides is 1. The van der Waals surface area contributed by atoms with Crippen LogP contribution in [0.5, 0.6) is 5.75 Å². The number of anilines is 1. The number of carbonyl (C=O) groups is 1. The maximum absolute atomic E-state index is 13.7. The maximum atomic E-state index is 13.7. The number of aromatic nitrogens is 5. The van der Waals surface area contributed by atoms with Crippen molar-refractivity contribution in [2.75, 3.05) is 5.32 Å². The first-order chi connectivity index (χ1) is 21.0. The van der Waals surface area contributed by atoms with Gasteiger partial charge in [-0.3, -0.25) is 4.79 Å². The molecule has 206 valence electrons. The van der Waals surface area contributed by atoms with Crippen molar-refractivity contribution >= 4 is 55.7 Å². The summed E-state index contributed by atoms with van der Waals surface area (Å²) < 4.78 is 3.35. The Labute approximate surface area is 244 Å². The van der Waals surface area contributed by atoms with Gasteiger partial charge in [0, 0.05) is 41.4 Å². The minimum atomic E-state index is -0.510. The number of phenolic OH excluding ortho intramolecular Hbond substituents is 1. The minimum Gasteiger partial charge on any atom is -0.505 e. The highest BCUT2D eigenvalue weighted by molar-refractivity contribution is 6.17. The van der Waals surface area contributed by atoms with E-state index in [0.717, 1.165) is 21.8 Å². The van der Waals surface area contributed by atoms with Crippen LogP contribution in [0.15, 0.2) is 108 Å². The molecule has 0 saturated carbocycles. The van der Waals surface area contributed by atoms with Crippen molar-refractivity contribution in [2.45, 2.75) is 0 Å². The SMILES string of the molecule is Cn1c2ccccc2c2ccc(NC(=O)c3c(O)c(N=Nc4c(C#N)cnn4-c4ncccn4)cc4ccccc34)cc21. The number of rotatable bonds is 5. The molecule has 0 radical (unpaired) electrons. The van der Waals surface area contributed by atoms with Crippen LogP contribution in [0.1, 0.15) is 15.9 Å². The van der Waals surface area contributed by atoms with E-state index in [0.29, 0.717) is 16.5 Å². The van der Waals surface area contributed by atoms with Gasteiger partial charge < -0.3 is 15.0 Å². The molecule has 0 aliphatic rings. The summed E-state index contributed by atoms with van der Waals surface area (Å²) >= 11 is 0. The lowest BCUT2D eigenvalue weighted by Gasteiger charge is -2.12. The number of phenols is 1. The van der Waals surface area contributed by atoms with Crippen molar-refractivity contribution in [3.63, 3.8) is 0 Å². The molecule has 0 fully saturated rings. The van der Waals surface area contributed by atoms with Gasteiger partial charge in [-0.25, -0.2) is 9.97 Å². The minimum absolute atomic E-state index is 0.0404. The van der Waals surface area contributed by atoms with Gasteiger partial charge in [0.25, 0.3) is 11.9 Å². The molecule has 4 aromatic carbocycles. The number of aromatic hydroxyl groups is 1. The molecular formula is C32H21N9O2. The van der Waals surface area contributed by atoms with E-state index in [1.54, 1.807) is 24.3 Å². The molecule has 43 heavy (non-hydrogen) atoms. The molecule has 0 spiro atoms. The first-order valence-electron chi connectivity index (χ1n) is 13.2. The van der Waals surface area contributed by atoms with Crippen LogP contribution in [0.2, 0.25) is 0 Å². The number of nitriles is 1. The average Bonchev–Trinajstić information content (AvgIpc) is 3.58. The fraction of sp³-hybridized carbons (Fsp3) is 0.0312. The van der Waals surface area contributed by atoms with Crippen molar-refractivity contribution in [1.29, 1.82) is 5.26 Å². The van der Waals surface area contributed by atoms with Crippen molar-refractivity contribution in [1.82, 2.24) is 24.3 Å². The Balaban J connectivity index is 1.29. The zero-order chi connectivity index (χ0) is 29.5. The Hall–Kier alpha value is -6.41. The van der Waals surface area contributed by atoms with Crippen LogP contribution in [0.3, 0.4) is 0 Å². The summed E-state index contributed by atoms with van der Waals surface area (Å²) in [6.45, 7) is 0. The second-order valence-corrected chi connectivity index (χ2v) is 9.76. The Bertz CT molecular complexity index is 2280. The molecule has 7 aromatic rings. The Morgan fingerprint density at radius 3 is 2.47 bits per heavy atom. The second kappa shape index (κ2) is 10.2. The average molecular weight is 564 g/mol. The van der Waals surface area contributed by atoms with Crippen LogP contribution in [0.25, 0.3) is 38.5 Å². The predicted octanol–water partition coefficient (Wildman–Crippen LogP) is 6.71. The molecule has 0 aliphatic heterocycles. The Morgan fingerprint density at radius 1 is 0.907 bits per heavy atom. The monoisotopic (exact) mass is 563 g/mol. The fourth-order valence-electron chi connectivity index (χ4n) is 5.23. The number of carbonyl (C=O) groups excluding carboxylic acids is 1. The first-order valence-corrected chi connectivity index (χ1v) is 13.2. The van der Waals surface area contributed by atoms with Gasteiger partial charge in [0.15, 0.2) is 11.6 Å². The largest absolute Gasteiger partial charge is 0.505 e. The number of nitrogens with one attached hydrogen (secondary N) is 1. The molecule has 0 atom stereocenters. The molecule has 0 saturated heterocycles. The number of fused-ring (bicyclic) bond motifs is 4. The lowest BCUT2D eigenvalue weighted by Crippen LogP contribution is -2.13. The number of hydrogen-bond acceptors (Lipinski definition) is 8. The summed E-state index contributed by atoms with van der Waals surface area (Å²) in [6, 6.07) is 26.3. The normalized spacial score (nSPS) is 11.4. The number of hydrogen-bond donors (Lipinski definition) is 2. The third kappa shape index (κ3) is 4.30. The highest BCUT2D eigenvalue weighted by Gasteiger charge is 2.21. The summed E-state index contributed by atoms with van der Waals surface area (Å²) in [5, 5.41) is 40.0. The summed E-state index contributed by atoms with van der Waals surface area (Å²) in [5.41, 5.74) is 2.84. The Kier molecular flexibility index (Phi) is 6.07. The number of aryl methyl sites for hydroxylation is 1. The lowest BCUT2D eigenvalue weighted by molar-refractivity contribution is 0.102. The van der Waals surface area contributed by atoms with Crippen LogP contribution >= 0.6 is 0 Å². The van der Waals surface area contributed by atoms with E-state index < -0.39 is 5.91 Å². The van der Waals surface area contributed by atoms with Crippen molar-refractivity contribution < 1.29 is 9.90 Å². The van der Waals surface area contributed by atoms with Gasteiger partial charge in [-0.1, -0.05) is 48.5 Å². The zero-order valence-corrected chi connectivity index (χ0v) is 22.7. The number of azo groups is 1. The van der Waals surface area contributed by atoms with Gasteiger partial charge in [0.1, 0.15) is 17.3 Å². The third-order valence-electron chi connectivity index (χ3n) is 7.26. The van der Waals surface area contributed by atoms with E-state index in [-0.39, 0.29) is 34.3 Å². The first kappa shape index (κ1) is 25.6. The zero-order valence-electron chi connectivity index (χ0n) is 22.7. The highest BCUT2D eigenvalue weighted by atomic mass is 16.3. The van der Waals surface area contributed by atoms with Gasteiger partial charge in [0.2, 0.25) is 0 Å². The number of nitrogens with zero attached hydrogens (tertiary/aromatic N) is 8. The molecule has 3 aromatic heterocycles. The highest BCUT2D eigenvalue weighted by Crippen LogP contribution is 2.39. The standard InChI is InChI=1S/C32H21N9O2/c1-40-26-10-5-4-9-23(26)24-12-11-21(16-27(24)40)37-31(43)28-22-8-3-2-7-19(22)15-25(29(28)42)38-39-30-20(17-33)18-36-41(30)32-34-13-6-14-35-32/h2-16,18,42H,1H3,(H,37,43). The summed E-state index contributed by atoms with van der Waals surface area (Å²) in [7, 11) is 1.98. The quantitative estimate of drug-likeness (QED) is 0.223. The number of para-hydroxylation sites is 1. The van der Waals surface area contributed by atoms with E-state index in [9.17, 15) is 15.2 Å². The number of benzene rings is 4. The smallest absolute Gasteiger partial charge is 0.260 e. The molecular weight excluding hydrogens is 542 g/mol. The van der Waals surface area contributed by atoms with Crippen LogP contribution in [-0.4, -0.2) is 35.3 Å². The Morgan fingerprint density at radius 2 is 1.65 bits per heavy atom. The lowest BCUT2D eigenvalue weighted by atomic mass is 10.0. The van der Waals surface area contributed by atoms with Gasteiger partial charge in [0.05, 0.1) is 17.3 Å². The van der Waals surface area contributed by atoms with Crippen LogP contribution in [0, 0.1) is 11.3 Å². The fourth-order valence-corrected chi connectivity index (χ4v) is 5.23. The van der Waals surface area contributed by atoms with Gasteiger partial charge in [-0.15, -0.1) is 10.2 Å². The molecule has 2 N–H and O–H groups in total. The van der Waals surface area contributed by atoms with Crippen LogP contribution in [0.4, 0.5) is 17.2 Å². The molecule has 3 heterocycles. The van der Waals surface area contributed by atoms with E-state index in [4.69, 9.17) is 0 Å². The topological polar surface area (TPSA) is 146 Å². The second-order valence-electron chi connectivity index (χ2n) is 9.76. The third-order valence-corrected chi connectivity index (χ3v) is 7.26. The van der Waals surface area contributed by atoms with Crippen LogP contribution < -0.4 is 5.32 Å². The summed E-state index contributed by atoms with van der Waals surface area (Å²) in [6.07, 6.45) is 4.40. The predicted molar refractivity (Wildman–Crippen MR) is 162 cm³/mol. The molecule has 11 nitrogen and oxygen atoms in total. The van der Waals surface area contributed by atoms with Crippen molar-refractivity contribution in [2.24, 2.45) is 17.3 Å². The van der Waals surface area contributed by atoms with E-state index >= 15 is 0 Å². The van der Waals surface area contributed by atoms with Crippen molar-refractivity contribution in [3.8, 4) is 17.8 Å². The van der Waals surface area contributed by atoms with E-state index in [1.165, 1.54) is 23.3 Å². The summed E-state index contributed by atoms with van der Waals surface area (Å²) in [4.78, 5) is 22.1. The molecule has 7 rings (SSSR count). The molecule has 11 heteroatoms. The van der Waals surface area contributed by atoms with Crippen LogP contribution in [-0.2, 0) is 7.05 Å². The molecule has 0 unspecified atom stereocenters. The van der Waals surface area contributed by atoms with E-state index in [1.807, 2.05) is 55.6 Å². The van der Waals surface area contributed by atoms with Gasteiger partial charge in [-0.2, -0.15) is 15.0 Å².